The van der Waals surface area contributed by atoms with Gasteiger partial charge in [0.05, 0.1) is 28.1 Å². The summed E-state index contributed by atoms with van der Waals surface area (Å²) in [6.45, 7) is 29.2. The SMILES string of the molecule is CC(C)(C)c1ccnc(-c2[c-]cccc2)c1.CC(C)c1cc(-c2ccccc2)cc(C(C)C)c1-n1c(-c2[c-]cc(C(C)(C)C)c3c2oc2cc(-c4cccc(C(C)(C)C)n4)ccc23)nc2ccccc21.[Ir]. The molecule has 6 aromatic carbocycles. The van der Waals surface area contributed by atoms with Gasteiger partial charge in [-0.2, -0.15) is 0 Å². The zero-order valence-electron chi connectivity index (χ0n) is 43.6. The number of benzene rings is 6. The maximum Gasteiger partial charge on any atom is 0.121 e. The van der Waals surface area contributed by atoms with Gasteiger partial charge in [0.2, 0.25) is 0 Å². The van der Waals surface area contributed by atoms with Gasteiger partial charge in [-0.15, -0.1) is 53.6 Å². The minimum absolute atomic E-state index is 0. The maximum atomic E-state index is 7.04. The number of hydrogen-bond donors (Lipinski definition) is 0. The van der Waals surface area contributed by atoms with Gasteiger partial charge in [0.25, 0.3) is 0 Å². The molecule has 0 atom stereocenters. The molecule has 0 spiro atoms. The largest absolute Gasteiger partial charge is 0.501 e. The summed E-state index contributed by atoms with van der Waals surface area (Å²) in [4.78, 5) is 14.9. The molecular weight excluding hydrogens is 1040 g/mol. The molecule has 0 aliphatic rings. The average molecular weight is 1110 g/mol. The first-order valence-electron chi connectivity index (χ1n) is 24.8. The first-order chi connectivity index (χ1) is 33.3. The second-order valence-electron chi connectivity index (χ2n) is 22.4. The summed E-state index contributed by atoms with van der Waals surface area (Å²) in [5.41, 5.74) is 18.2. The Morgan fingerprint density at radius 2 is 1.27 bits per heavy atom. The number of aromatic nitrogens is 4. The predicted octanol–water partition coefficient (Wildman–Crippen LogP) is 17.8. The van der Waals surface area contributed by atoms with E-state index in [0.717, 1.165) is 72.6 Å². The van der Waals surface area contributed by atoms with E-state index in [1.165, 1.54) is 39.1 Å². The van der Waals surface area contributed by atoms with Crippen molar-refractivity contribution in [2.75, 3.05) is 0 Å². The van der Waals surface area contributed by atoms with Crippen LogP contribution in [-0.4, -0.2) is 19.5 Å². The minimum Gasteiger partial charge on any atom is -0.501 e. The van der Waals surface area contributed by atoms with E-state index >= 15 is 0 Å². The van der Waals surface area contributed by atoms with Crippen molar-refractivity contribution in [1.82, 2.24) is 19.5 Å². The molecule has 5 nitrogen and oxygen atoms in total. The van der Waals surface area contributed by atoms with E-state index < -0.39 is 0 Å². The van der Waals surface area contributed by atoms with E-state index in [0.29, 0.717) is 0 Å². The van der Waals surface area contributed by atoms with E-state index in [-0.39, 0.29) is 48.2 Å². The van der Waals surface area contributed by atoms with Crippen LogP contribution in [0, 0.1) is 12.1 Å². The molecule has 0 unspecified atom stereocenters. The topological polar surface area (TPSA) is 56.7 Å². The number of hydrogen-bond acceptors (Lipinski definition) is 4. The second kappa shape index (κ2) is 20.0. The van der Waals surface area contributed by atoms with Gasteiger partial charge in [-0.05, 0) is 105 Å². The monoisotopic (exact) mass is 1110 g/mol. The molecule has 0 saturated carbocycles. The molecular formula is C65H66IrN4O-2. The maximum absolute atomic E-state index is 7.04. The van der Waals surface area contributed by atoms with E-state index in [1.807, 2.05) is 30.5 Å². The number of fused-ring (bicyclic) bond motifs is 4. The molecule has 0 saturated heterocycles. The van der Waals surface area contributed by atoms with Crippen molar-refractivity contribution in [2.45, 2.75) is 118 Å². The number of imidazole rings is 1. The van der Waals surface area contributed by atoms with Crippen molar-refractivity contribution in [3.8, 4) is 50.7 Å². The minimum atomic E-state index is -0.144. The van der Waals surface area contributed by atoms with Crippen LogP contribution >= 0.6 is 0 Å². The van der Waals surface area contributed by atoms with Crippen molar-refractivity contribution in [3.63, 3.8) is 0 Å². The first-order valence-corrected chi connectivity index (χ1v) is 24.8. The molecule has 0 aliphatic heterocycles. The molecule has 6 heteroatoms. The number of pyridine rings is 2. The summed E-state index contributed by atoms with van der Waals surface area (Å²) in [7, 11) is 0. The Balaban J connectivity index is 0.000000338. The molecule has 4 aromatic heterocycles. The molecule has 0 N–H and O–H groups in total. The molecule has 0 bridgehead atoms. The van der Waals surface area contributed by atoms with E-state index in [4.69, 9.17) is 14.4 Å². The van der Waals surface area contributed by atoms with Crippen molar-refractivity contribution in [3.05, 3.63) is 192 Å². The van der Waals surface area contributed by atoms with Gasteiger partial charge in [0.15, 0.2) is 0 Å². The third kappa shape index (κ3) is 10.3. The molecule has 10 rings (SSSR count). The molecule has 1 radical (unpaired) electrons. The average Bonchev–Trinajstić information content (AvgIpc) is 3.92. The fourth-order valence-corrected chi connectivity index (χ4v) is 9.39. The van der Waals surface area contributed by atoms with Gasteiger partial charge >= 0.3 is 0 Å². The quantitative estimate of drug-likeness (QED) is 0.149. The van der Waals surface area contributed by atoms with Crippen LogP contribution in [-0.2, 0) is 36.4 Å². The predicted molar refractivity (Wildman–Crippen MR) is 294 cm³/mol. The molecule has 0 aliphatic carbocycles. The second-order valence-corrected chi connectivity index (χ2v) is 22.4. The van der Waals surface area contributed by atoms with Crippen LogP contribution in [0.25, 0.3) is 83.7 Å². The fourth-order valence-electron chi connectivity index (χ4n) is 9.39. The van der Waals surface area contributed by atoms with Crippen molar-refractivity contribution in [1.29, 1.82) is 0 Å². The van der Waals surface area contributed by atoms with Gasteiger partial charge in [-0.25, -0.2) is 0 Å². The Bertz CT molecular complexity index is 3460. The first kappa shape index (κ1) is 50.9. The van der Waals surface area contributed by atoms with Gasteiger partial charge < -0.3 is 14.0 Å². The normalized spacial score (nSPS) is 12.2. The molecule has 71 heavy (non-hydrogen) atoms. The van der Waals surface area contributed by atoms with Crippen molar-refractivity contribution < 1.29 is 24.5 Å². The summed E-state index contributed by atoms with van der Waals surface area (Å²) in [5, 5.41) is 2.20. The zero-order chi connectivity index (χ0) is 49.7. The van der Waals surface area contributed by atoms with Crippen molar-refractivity contribution in [2.24, 2.45) is 0 Å². The van der Waals surface area contributed by atoms with Crippen LogP contribution in [0.1, 0.15) is 130 Å². The number of para-hydroxylation sites is 2. The Morgan fingerprint density at radius 3 is 1.92 bits per heavy atom. The fraction of sp³-hybridized carbons (Fsp3) is 0.277. The smallest absolute Gasteiger partial charge is 0.121 e. The Kier molecular flexibility index (Phi) is 14.3. The van der Waals surface area contributed by atoms with Gasteiger partial charge in [-0.3, -0.25) is 9.97 Å². The summed E-state index contributed by atoms with van der Waals surface area (Å²) in [6, 6.07) is 58.1. The number of furan rings is 1. The third-order valence-electron chi connectivity index (χ3n) is 13.3. The summed E-state index contributed by atoms with van der Waals surface area (Å²) < 4.78 is 9.43. The van der Waals surface area contributed by atoms with Gasteiger partial charge in [0.1, 0.15) is 5.58 Å². The molecule has 0 amide bonds. The molecule has 10 aromatic rings. The third-order valence-corrected chi connectivity index (χ3v) is 13.3. The Hall–Kier alpha value is -6.46. The number of nitrogens with zero attached hydrogens (tertiary/aromatic N) is 4. The Morgan fingerprint density at radius 1 is 0.577 bits per heavy atom. The Labute approximate surface area is 435 Å². The van der Waals surface area contributed by atoms with Crippen molar-refractivity contribution >= 4 is 33.0 Å². The van der Waals surface area contributed by atoms with E-state index in [1.54, 1.807) is 0 Å². The van der Waals surface area contributed by atoms with Crippen LogP contribution in [0.5, 0.6) is 0 Å². The summed E-state index contributed by atoms with van der Waals surface area (Å²) in [5.74, 6) is 1.35. The standard InChI is InChI=1S/C50H50N3O.C15H16N.Ir/c1-30(2)37-27-34(32-17-12-11-13-18-32)28-38(31(3)4)46(37)53-42-21-15-14-19-41(42)52-48(53)36-25-26-39(49(5,6)7)45-35-24-23-33(29-43(35)54-47(36)45)40-20-16-22-44(51-40)50(8,9)10;1-15(2,3)13-9-10-16-14(11-13)12-7-5-4-6-8-12;/h11-24,26-31H,1-10H3;4-7,9-11H,1-3H3;/q2*-1;. The molecule has 4 heterocycles. The molecule has 363 valence electrons. The van der Waals surface area contributed by atoms with Crippen LogP contribution in [0.3, 0.4) is 0 Å². The summed E-state index contributed by atoms with van der Waals surface area (Å²) in [6.07, 6.45) is 1.87. The van der Waals surface area contributed by atoms with Gasteiger partial charge in [0, 0.05) is 54.0 Å². The van der Waals surface area contributed by atoms with Crippen LogP contribution < -0.4 is 0 Å². The van der Waals surface area contributed by atoms with E-state index in [2.05, 4.69) is 233 Å². The molecule has 0 fully saturated rings. The zero-order valence-corrected chi connectivity index (χ0v) is 46.0. The van der Waals surface area contributed by atoms with Crippen LogP contribution in [0.15, 0.2) is 156 Å². The van der Waals surface area contributed by atoms with Crippen LogP contribution in [0.4, 0.5) is 0 Å². The number of rotatable bonds is 7. The van der Waals surface area contributed by atoms with Gasteiger partial charge in [-0.1, -0.05) is 168 Å². The van der Waals surface area contributed by atoms with Crippen LogP contribution in [0.2, 0.25) is 0 Å². The summed E-state index contributed by atoms with van der Waals surface area (Å²) >= 11 is 0. The van der Waals surface area contributed by atoms with E-state index in [9.17, 15) is 0 Å².